The standard InChI is InChI=1S/2C9H7.C6H5.CH3Si.2ClH.Zr/c2*1-2-5-9-7-3-6-8(9)4-1;1-2-4-6-5-3-1;1-2;;;/h2*1-7H;1-5H;1H3;2*1H;/q3*-1;;;;+3. The largest absolute Gasteiger partial charge is 3.00 e. The van der Waals surface area contributed by atoms with Gasteiger partial charge in [-0.2, -0.15) is 71.4 Å². The van der Waals surface area contributed by atoms with Crippen molar-refractivity contribution in [2.24, 2.45) is 0 Å². The first-order valence-electron chi connectivity index (χ1n) is 8.55. The van der Waals surface area contributed by atoms with Gasteiger partial charge in [0.15, 0.2) is 0 Å². The number of halogens is 2. The molecular weight excluding hydrogens is 490 g/mol. The third-order valence-corrected chi connectivity index (χ3v) is 3.70. The quantitative estimate of drug-likeness (QED) is 0.147. The zero-order chi connectivity index (χ0) is 18.5. The molecule has 0 saturated heterocycles. The van der Waals surface area contributed by atoms with Crippen LogP contribution in [0.1, 0.15) is 0 Å². The molecule has 4 radical (unpaired) electrons. The van der Waals surface area contributed by atoms with Crippen LogP contribution in [0, 0.1) is 6.07 Å². The second-order valence-electron chi connectivity index (χ2n) is 5.39. The molecule has 0 aliphatic carbocycles. The van der Waals surface area contributed by atoms with Crippen LogP contribution in [0.2, 0.25) is 6.55 Å². The van der Waals surface area contributed by atoms with Crippen LogP contribution in [-0.2, 0) is 26.2 Å². The van der Waals surface area contributed by atoms with Gasteiger partial charge in [-0.15, -0.1) is 84.1 Å². The Morgan fingerprint density at radius 3 is 1.31 bits per heavy atom. The molecule has 0 aliphatic heterocycles. The normalized spacial score (nSPS) is 8.21. The molecule has 4 heteroatoms. The molecule has 0 bridgehead atoms. The van der Waals surface area contributed by atoms with Crippen molar-refractivity contribution >= 4 is 56.6 Å². The molecule has 146 valence electrons. The second-order valence-corrected chi connectivity index (χ2v) is 5.39. The fraction of sp³-hybridized carbons (Fsp3) is 0.0400. The maximum atomic E-state index is 2.97. The number of hydrogen-bond donors (Lipinski definition) is 0. The summed E-state index contributed by atoms with van der Waals surface area (Å²) in [5.41, 5.74) is 0. The van der Waals surface area contributed by atoms with E-state index in [1.807, 2.05) is 30.3 Å². The van der Waals surface area contributed by atoms with E-state index in [9.17, 15) is 0 Å². The zero-order valence-electron chi connectivity index (χ0n) is 16.3. The predicted octanol–water partition coefficient (Wildman–Crippen LogP) is 7.65. The minimum absolute atomic E-state index is 0. The Morgan fingerprint density at radius 2 is 1.00 bits per heavy atom. The molecule has 0 aliphatic rings. The summed E-state index contributed by atoms with van der Waals surface area (Å²) in [7, 11) is 2.97. The molecule has 0 fully saturated rings. The smallest absolute Gasteiger partial charge is 0.184 e. The van der Waals surface area contributed by atoms with Crippen molar-refractivity contribution in [1.82, 2.24) is 0 Å². The molecule has 0 spiro atoms. The minimum Gasteiger partial charge on any atom is -0.184 e. The maximum absolute atomic E-state index is 2.97. The summed E-state index contributed by atoms with van der Waals surface area (Å²) in [6.07, 6.45) is 0. The number of fused-ring (bicyclic) bond motifs is 2. The van der Waals surface area contributed by atoms with E-state index in [4.69, 9.17) is 0 Å². The van der Waals surface area contributed by atoms with E-state index >= 15 is 0 Å². The SMILES string of the molecule is C[Si].Cl.Cl.[Zr+3].[c-]1ccccc1.c1ccc2[cH-]ccc2c1.c1ccc2[cH-]ccc2c1. The fourth-order valence-electron chi connectivity index (χ4n) is 2.48. The molecule has 0 N–H and O–H groups in total. The van der Waals surface area contributed by atoms with Gasteiger partial charge in [-0.25, -0.2) is 0 Å². The monoisotopic (exact) mass is 512 g/mol. The van der Waals surface area contributed by atoms with E-state index in [2.05, 4.69) is 101 Å². The van der Waals surface area contributed by atoms with Crippen LogP contribution < -0.4 is 0 Å². The van der Waals surface area contributed by atoms with Gasteiger partial charge >= 0.3 is 26.2 Å². The molecule has 5 aromatic carbocycles. The Bertz CT molecular complexity index is 824. The second kappa shape index (κ2) is 18.6. The Labute approximate surface area is 209 Å². The maximum Gasteiger partial charge on any atom is 3.00 e. The molecular formula is C25H24Cl2SiZr. The average Bonchev–Trinajstić information content (AvgIpc) is 3.41. The molecule has 0 unspecified atom stereocenters. The molecule has 0 aromatic heterocycles. The fourth-order valence-corrected chi connectivity index (χ4v) is 2.48. The van der Waals surface area contributed by atoms with Crippen LogP contribution in [0.15, 0.2) is 115 Å². The van der Waals surface area contributed by atoms with E-state index in [-0.39, 0.29) is 51.0 Å². The van der Waals surface area contributed by atoms with Crippen LogP contribution in [-0.4, -0.2) is 10.2 Å². The summed E-state index contributed by atoms with van der Waals surface area (Å²) in [6, 6.07) is 41.8. The Morgan fingerprint density at radius 1 is 0.586 bits per heavy atom. The molecule has 5 rings (SSSR count). The van der Waals surface area contributed by atoms with Gasteiger partial charge in [-0.3, -0.25) is 0 Å². The summed E-state index contributed by atoms with van der Waals surface area (Å²) in [5.74, 6) is 0. The van der Waals surface area contributed by atoms with Crippen LogP contribution in [0.4, 0.5) is 0 Å². The molecule has 0 amide bonds. The Balaban J connectivity index is 0. The topological polar surface area (TPSA) is 0 Å². The van der Waals surface area contributed by atoms with Crippen molar-refractivity contribution in [3.8, 4) is 0 Å². The van der Waals surface area contributed by atoms with Gasteiger partial charge in [0.1, 0.15) is 0 Å². The summed E-state index contributed by atoms with van der Waals surface area (Å²) in [6.45, 7) is 1.81. The first-order chi connectivity index (χ1) is 12.9. The summed E-state index contributed by atoms with van der Waals surface area (Å²) in [4.78, 5) is 0. The molecule has 0 saturated carbocycles. The predicted molar refractivity (Wildman–Crippen MR) is 130 cm³/mol. The Hall–Kier alpha value is -1.44. The molecule has 0 nitrogen and oxygen atoms in total. The van der Waals surface area contributed by atoms with Gasteiger partial charge < -0.3 is 0 Å². The minimum atomic E-state index is 0. The van der Waals surface area contributed by atoms with Crippen molar-refractivity contribution in [3.63, 3.8) is 0 Å². The van der Waals surface area contributed by atoms with Crippen molar-refractivity contribution in [3.05, 3.63) is 121 Å². The molecule has 5 aromatic rings. The van der Waals surface area contributed by atoms with Gasteiger partial charge in [-0.05, 0) is 0 Å². The number of hydrogen-bond acceptors (Lipinski definition) is 0. The van der Waals surface area contributed by atoms with Crippen molar-refractivity contribution < 1.29 is 26.2 Å². The summed E-state index contributed by atoms with van der Waals surface area (Å²) in [5, 5.41) is 5.32. The third kappa shape index (κ3) is 10.8. The zero-order valence-corrected chi connectivity index (χ0v) is 21.4. The van der Waals surface area contributed by atoms with Crippen LogP contribution >= 0.6 is 24.8 Å². The van der Waals surface area contributed by atoms with E-state index in [1.165, 1.54) is 21.5 Å². The third-order valence-electron chi connectivity index (χ3n) is 3.70. The Kier molecular flexibility index (Phi) is 19.1. The molecule has 0 atom stereocenters. The van der Waals surface area contributed by atoms with Gasteiger partial charge in [0.2, 0.25) is 0 Å². The van der Waals surface area contributed by atoms with Gasteiger partial charge in [0, 0.05) is 10.2 Å². The number of rotatable bonds is 0. The van der Waals surface area contributed by atoms with Crippen LogP contribution in [0.25, 0.3) is 21.5 Å². The van der Waals surface area contributed by atoms with Gasteiger partial charge in [-0.1, -0.05) is 18.7 Å². The van der Waals surface area contributed by atoms with Crippen molar-refractivity contribution in [1.29, 1.82) is 0 Å². The number of benzene rings is 3. The summed E-state index contributed by atoms with van der Waals surface area (Å²) >= 11 is 0. The first kappa shape index (κ1) is 29.8. The van der Waals surface area contributed by atoms with E-state index in [1.54, 1.807) is 6.55 Å². The van der Waals surface area contributed by atoms with Crippen molar-refractivity contribution in [2.75, 3.05) is 0 Å². The van der Waals surface area contributed by atoms with Crippen molar-refractivity contribution in [2.45, 2.75) is 6.55 Å². The summed E-state index contributed by atoms with van der Waals surface area (Å²) < 4.78 is 0. The first-order valence-corrected chi connectivity index (χ1v) is 9.55. The van der Waals surface area contributed by atoms with Gasteiger partial charge in [0.25, 0.3) is 0 Å². The molecule has 29 heavy (non-hydrogen) atoms. The average molecular weight is 515 g/mol. The molecule has 0 heterocycles. The van der Waals surface area contributed by atoms with Crippen LogP contribution in [0.3, 0.4) is 0 Å². The van der Waals surface area contributed by atoms with Gasteiger partial charge in [0.05, 0.1) is 0 Å². The van der Waals surface area contributed by atoms with E-state index < -0.39 is 0 Å². The van der Waals surface area contributed by atoms with E-state index in [0.717, 1.165) is 0 Å². The van der Waals surface area contributed by atoms with Crippen LogP contribution in [0.5, 0.6) is 0 Å². The van der Waals surface area contributed by atoms with E-state index in [0.29, 0.717) is 0 Å².